The molecule has 0 aromatic rings. The summed E-state index contributed by atoms with van der Waals surface area (Å²) >= 11 is 0. The zero-order valence-electron chi connectivity index (χ0n) is 9.44. The standard InChI is InChI=1S/C10H18N2O4/c1-2-4-12(7-9(13)14)10(15)8-6-11-3-5-16-8/h8,11H,2-7H2,1H3,(H,13,14). The summed E-state index contributed by atoms with van der Waals surface area (Å²) in [6, 6.07) is 0. The van der Waals surface area contributed by atoms with Crippen molar-refractivity contribution in [3.63, 3.8) is 0 Å². The van der Waals surface area contributed by atoms with Crippen molar-refractivity contribution in [2.45, 2.75) is 19.4 Å². The van der Waals surface area contributed by atoms with Crippen molar-refractivity contribution in [1.82, 2.24) is 10.2 Å². The number of amides is 1. The fourth-order valence-electron chi connectivity index (χ4n) is 1.63. The molecule has 0 aromatic heterocycles. The second kappa shape index (κ2) is 6.44. The second-order valence-corrected chi connectivity index (χ2v) is 3.72. The first-order valence-electron chi connectivity index (χ1n) is 5.48. The van der Waals surface area contributed by atoms with Crippen LogP contribution in [0.3, 0.4) is 0 Å². The van der Waals surface area contributed by atoms with Gasteiger partial charge in [0.05, 0.1) is 6.61 Å². The molecule has 1 amide bonds. The van der Waals surface area contributed by atoms with Gasteiger partial charge < -0.3 is 20.1 Å². The maximum atomic E-state index is 11.9. The topological polar surface area (TPSA) is 78.9 Å². The molecule has 1 saturated heterocycles. The van der Waals surface area contributed by atoms with E-state index in [1.54, 1.807) is 0 Å². The highest BCUT2D eigenvalue weighted by molar-refractivity contribution is 5.84. The Morgan fingerprint density at radius 2 is 2.31 bits per heavy atom. The van der Waals surface area contributed by atoms with Crippen molar-refractivity contribution in [1.29, 1.82) is 0 Å². The molecule has 6 nitrogen and oxygen atoms in total. The van der Waals surface area contributed by atoms with E-state index < -0.39 is 12.1 Å². The fraction of sp³-hybridized carbons (Fsp3) is 0.800. The summed E-state index contributed by atoms with van der Waals surface area (Å²) < 4.78 is 5.30. The summed E-state index contributed by atoms with van der Waals surface area (Å²) in [4.78, 5) is 23.9. The molecule has 1 aliphatic rings. The number of morpholine rings is 1. The molecule has 6 heteroatoms. The number of nitrogens with zero attached hydrogens (tertiary/aromatic N) is 1. The minimum atomic E-state index is -0.995. The SMILES string of the molecule is CCCN(CC(=O)O)C(=O)C1CNCCO1. The highest BCUT2D eigenvalue weighted by atomic mass is 16.5. The summed E-state index contributed by atoms with van der Waals surface area (Å²) in [6.45, 7) is 3.78. The molecule has 0 bridgehead atoms. The zero-order chi connectivity index (χ0) is 12.0. The molecule has 1 rings (SSSR count). The van der Waals surface area contributed by atoms with Crippen molar-refractivity contribution in [3.05, 3.63) is 0 Å². The first-order valence-corrected chi connectivity index (χ1v) is 5.48. The second-order valence-electron chi connectivity index (χ2n) is 3.72. The van der Waals surface area contributed by atoms with E-state index in [4.69, 9.17) is 9.84 Å². The Morgan fingerprint density at radius 3 is 2.81 bits per heavy atom. The molecule has 1 atom stereocenters. The van der Waals surface area contributed by atoms with Crippen LogP contribution >= 0.6 is 0 Å². The van der Waals surface area contributed by atoms with Gasteiger partial charge in [0.2, 0.25) is 0 Å². The van der Waals surface area contributed by atoms with Gasteiger partial charge in [-0.05, 0) is 6.42 Å². The van der Waals surface area contributed by atoms with Crippen LogP contribution in [0.2, 0.25) is 0 Å². The third-order valence-corrected chi connectivity index (χ3v) is 2.33. The quantitative estimate of drug-likeness (QED) is 0.653. The maximum Gasteiger partial charge on any atom is 0.323 e. The van der Waals surface area contributed by atoms with Gasteiger partial charge in [0, 0.05) is 19.6 Å². The Hall–Kier alpha value is -1.14. The van der Waals surface area contributed by atoms with Gasteiger partial charge in [0.25, 0.3) is 5.91 Å². The lowest BCUT2D eigenvalue weighted by Gasteiger charge is -2.28. The maximum absolute atomic E-state index is 11.9. The summed E-state index contributed by atoms with van der Waals surface area (Å²) in [7, 11) is 0. The van der Waals surface area contributed by atoms with E-state index in [2.05, 4.69) is 5.32 Å². The van der Waals surface area contributed by atoms with E-state index >= 15 is 0 Å². The molecule has 1 heterocycles. The molecule has 92 valence electrons. The normalized spacial score (nSPS) is 20.4. The van der Waals surface area contributed by atoms with Crippen LogP contribution in [0.25, 0.3) is 0 Å². The Bertz CT molecular complexity index is 251. The number of carboxylic acids is 1. The number of ether oxygens (including phenoxy) is 1. The van der Waals surface area contributed by atoms with Gasteiger partial charge in [-0.15, -0.1) is 0 Å². The predicted octanol–water partition coefficient (Wildman–Crippen LogP) is -0.702. The number of nitrogens with one attached hydrogen (secondary N) is 1. The Morgan fingerprint density at radius 1 is 1.56 bits per heavy atom. The molecular weight excluding hydrogens is 212 g/mol. The number of carboxylic acid groups (broad SMARTS) is 1. The zero-order valence-corrected chi connectivity index (χ0v) is 9.44. The highest BCUT2D eigenvalue weighted by Gasteiger charge is 2.27. The number of hydrogen-bond donors (Lipinski definition) is 2. The van der Waals surface area contributed by atoms with Gasteiger partial charge in [-0.1, -0.05) is 6.92 Å². The first kappa shape index (κ1) is 12.9. The fourth-order valence-corrected chi connectivity index (χ4v) is 1.63. The number of carbonyl (C=O) groups is 2. The Labute approximate surface area is 94.6 Å². The molecule has 16 heavy (non-hydrogen) atoms. The van der Waals surface area contributed by atoms with E-state index in [-0.39, 0.29) is 12.5 Å². The largest absolute Gasteiger partial charge is 0.480 e. The number of hydrogen-bond acceptors (Lipinski definition) is 4. The average molecular weight is 230 g/mol. The van der Waals surface area contributed by atoms with Gasteiger partial charge >= 0.3 is 5.97 Å². The lowest BCUT2D eigenvalue weighted by molar-refractivity contribution is -0.151. The summed E-state index contributed by atoms with van der Waals surface area (Å²) in [5, 5.41) is 11.8. The van der Waals surface area contributed by atoms with Crippen LogP contribution < -0.4 is 5.32 Å². The molecule has 0 radical (unpaired) electrons. The molecule has 0 spiro atoms. The minimum Gasteiger partial charge on any atom is -0.480 e. The molecule has 1 fully saturated rings. The van der Waals surface area contributed by atoms with E-state index in [0.717, 1.165) is 13.0 Å². The lowest BCUT2D eigenvalue weighted by Crippen LogP contribution is -2.50. The first-order chi connectivity index (χ1) is 7.65. The van der Waals surface area contributed by atoms with E-state index in [0.29, 0.717) is 19.7 Å². The molecular formula is C10H18N2O4. The monoisotopic (exact) mass is 230 g/mol. The number of aliphatic carboxylic acids is 1. The molecule has 0 aromatic carbocycles. The summed E-state index contributed by atoms with van der Waals surface area (Å²) in [6.07, 6.45) is 0.193. The van der Waals surface area contributed by atoms with Crippen LogP contribution in [0.15, 0.2) is 0 Å². The molecule has 0 aliphatic carbocycles. The van der Waals surface area contributed by atoms with E-state index in [9.17, 15) is 9.59 Å². The Balaban J connectivity index is 2.54. The van der Waals surface area contributed by atoms with Crippen LogP contribution in [-0.4, -0.2) is 60.8 Å². The Kier molecular flexibility index (Phi) is 5.21. The van der Waals surface area contributed by atoms with Crippen LogP contribution in [-0.2, 0) is 14.3 Å². The smallest absolute Gasteiger partial charge is 0.323 e. The van der Waals surface area contributed by atoms with Crippen molar-refractivity contribution in [2.75, 3.05) is 32.8 Å². The summed E-state index contributed by atoms with van der Waals surface area (Å²) in [5.74, 6) is -1.23. The van der Waals surface area contributed by atoms with Crippen molar-refractivity contribution < 1.29 is 19.4 Å². The molecule has 1 aliphatic heterocycles. The van der Waals surface area contributed by atoms with Crippen LogP contribution in [0.5, 0.6) is 0 Å². The number of carbonyl (C=O) groups excluding carboxylic acids is 1. The van der Waals surface area contributed by atoms with E-state index in [1.165, 1.54) is 4.90 Å². The van der Waals surface area contributed by atoms with Crippen molar-refractivity contribution in [3.8, 4) is 0 Å². The van der Waals surface area contributed by atoms with Gasteiger partial charge in [-0.25, -0.2) is 0 Å². The molecule has 0 saturated carbocycles. The average Bonchev–Trinajstić information content (AvgIpc) is 2.28. The lowest BCUT2D eigenvalue weighted by atomic mass is 10.2. The van der Waals surface area contributed by atoms with Crippen LogP contribution in [0.1, 0.15) is 13.3 Å². The van der Waals surface area contributed by atoms with Gasteiger partial charge in [-0.2, -0.15) is 0 Å². The van der Waals surface area contributed by atoms with Crippen molar-refractivity contribution in [2.24, 2.45) is 0 Å². The van der Waals surface area contributed by atoms with E-state index in [1.807, 2.05) is 6.92 Å². The van der Waals surface area contributed by atoms with Crippen LogP contribution in [0.4, 0.5) is 0 Å². The highest BCUT2D eigenvalue weighted by Crippen LogP contribution is 2.03. The number of rotatable bonds is 5. The van der Waals surface area contributed by atoms with Crippen molar-refractivity contribution >= 4 is 11.9 Å². The van der Waals surface area contributed by atoms with Crippen LogP contribution in [0, 0.1) is 0 Å². The third-order valence-electron chi connectivity index (χ3n) is 2.33. The minimum absolute atomic E-state index is 0.239. The van der Waals surface area contributed by atoms with Gasteiger partial charge in [-0.3, -0.25) is 9.59 Å². The predicted molar refractivity (Wildman–Crippen MR) is 57.1 cm³/mol. The van der Waals surface area contributed by atoms with Gasteiger partial charge in [0.1, 0.15) is 12.6 Å². The molecule has 1 unspecified atom stereocenters. The summed E-state index contributed by atoms with van der Waals surface area (Å²) in [5.41, 5.74) is 0. The third kappa shape index (κ3) is 3.79. The van der Waals surface area contributed by atoms with Gasteiger partial charge in [0.15, 0.2) is 0 Å². The molecule has 2 N–H and O–H groups in total.